The van der Waals surface area contributed by atoms with Gasteiger partial charge in [-0.2, -0.15) is 9.61 Å². The molecule has 4 aromatic heterocycles. The summed E-state index contributed by atoms with van der Waals surface area (Å²) in [6, 6.07) is 1.51. The average molecular weight is 416 g/mol. The Morgan fingerprint density at radius 2 is 2.00 bits per heavy atom. The van der Waals surface area contributed by atoms with E-state index >= 15 is 0 Å². The SMILES string of the molecule is Cc1cc(=O)n2nc(CSc3nc(C)nc4sc5c(c34)CCCC5)sc2n1. The van der Waals surface area contributed by atoms with E-state index in [1.54, 1.807) is 11.8 Å². The highest BCUT2D eigenvalue weighted by Gasteiger charge is 2.21. The topological polar surface area (TPSA) is 73.0 Å². The molecule has 0 spiro atoms. The number of hydrogen-bond acceptors (Lipinski definition) is 8. The lowest BCUT2D eigenvalue weighted by Crippen LogP contribution is -2.14. The maximum atomic E-state index is 12.1. The molecule has 0 bridgehead atoms. The molecule has 1 aliphatic carbocycles. The van der Waals surface area contributed by atoms with Crippen molar-refractivity contribution in [1.29, 1.82) is 0 Å². The zero-order valence-electron chi connectivity index (χ0n) is 15.0. The molecular weight excluding hydrogens is 398 g/mol. The van der Waals surface area contributed by atoms with Gasteiger partial charge in [0.15, 0.2) is 0 Å². The van der Waals surface area contributed by atoms with Gasteiger partial charge in [-0.15, -0.1) is 11.3 Å². The maximum Gasteiger partial charge on any atom is 0.275 e. The van der Waals surface area contributed by atoms with Crippen LogP contribution in [0.4, 0.5) is 0 Å². The van der Waals surface area contributed by atoms with E-state index in [9.17, 15) is 4.79 Å². The minimum absolute atomic E-state index is 0.128. The van der Waals surface area contributed by atoms with E-state index in [4.69, 9.17) is 4.98 Å². The van der Waals surface area contributed by atoms with Crippen LogP contribution >= 0.6 is 34.4 Å². The molecule has 9 heteroatoms. The molecule has 1 aliphatic rings. The number of fused-ring (bicyclic) bond motifs is 4. The summed E-state index contributed by atoms with van der Waals surface area (Å²) in [5, 5.41) is 7.59. The van der Waals surface area contributed by atoms with E-state index in [1.807, 2.05) is 25.2 Å². The van der Waals surface area contributed by atoms with Crippen LogP contribution in [0.15, 0.2) is 15.9 Å². The van der Waals surface area contributed by atoms with Gasteiger partial charge >= 0.3 is 0 Å². The van der Waals surface area contributed by atoms with Crippen molar-refractivity contribution in [2.75, 3.05) is 0 Å². The van der Waals surface area contributed by atoms with E-state index in [-0.39, 0.29) is 5.56 Å². The molecule has 0 amide bonds. The van der Waals surface area contributed by atoms with Gasteiger partial charge in [0.05, 0.1) is 5.75 Å². The molecule has 0 fully saturated rings. The van der Waals surface area contributed by atoms with Crippen molar-refractivity contribution < 1.29 is 0 Å². The Hall–Kier alpha value is -1.84. The van der Waals surface area contributed by atoms with Crippen LogP contribution < -0.4 is 5.56 Å². The molecule has 0 saturated carbocycles. The average Bonchev–Trinajstić information content (AvgIpc) is 3.20. The van der Waals surface area contributed by atoms with Crippen molar-refractivity contribution in [3.05, 3.63) is 43.4 Å². The number of thiophene rings is 1. The summed E-state index contributed by atoms with van der Waals surface area (Å²) >= 11 is 4.97. The summed E-state index contributed by atoms with van der Waals surface area (Å²) in [6.45, 7) is 3.78. The number of aromatic nitrogens is 5. The molecule has 4 aromatic rings. The molecule has 0 aromatic carbocycles. The minimum Gasteiger partial charge on any atom is -0.267 e. The molecule has 0 radical (unpaired) electrons. The Morgan fingerprint density at radius 1 is 1.15 bits per heavy atom. The largest absolute Gasteiger partial charge is 0.275 e. The van der Waals surface area contributed by atoms with Crippen molar-refractivity contribution >= 4 is 49.6 Å². The Balaban J connectivity index is 1.52. The van der Waals surface area contributed by atoms with Crippen LogP contribution in [-0.2, 0) is 18.6 Å². The number of rotatable bonds is 3. The van der Waals surface area contributed by atoms with E-state index < -0.39 is 0 Å². The zero-order valence-corrected chi connectivity index (χ0v) is 17.4. The van der Waals surface area contributed by atoms with E-state index in [0.717, 1.165) is 39.2 Å². The van der Waals surface area contributed by atoms with Crippen molar-refractivity contribution in [2.24, 2.45) is 0 Å². The summed E-state index contributed by atoms with van der Waals surface area (Å²) in [4.78, 5) is 29.1. The standard InChI is InChI=1S/C18H17N5OS3/c1-9-7-14(24)23-18(19-9)27-13(22-23)8-25-16-15-11-5-3-4-6-12(11)26-17(15)21-10(2)20-16/h7H,3-6,8H2,1-2H3. The normalized spacial score (nSPS) is 14.1. The number of thioether (sulfide) groups is 1. The first kappa shape index (κ1) is 17.3. The lowest BCUT2D eigenvalue weighted by Gasteiger charge is -2.11. The molecule has 0 N–H and O–H groups in total. The second kappa shape index (κ2) is 6.65. The van der Waals surface area contributed by atoms with Crippen LogP contribution in [-0.4, -0.2) is 24.6 Å². The molecule has 27 heavy (non-hydrogen) atoms. The Bertz CT molecular complexity index is 1240. The smallest absolute Gasteiger partial charge is 0.267 e. The Kier molecular flexibility index (Phi) is 4.25. The first-order valence-electron chi connectivity index (χ1n) is 8.86. The van der Waals surface area contributed by atoms with Crippen LogP contribution in [0.5, 0.6) is 0 Å². The first-order chi connectivity index (χ1) is 13.1. The zero-order chi connectivity index (χ0) is 18.5. The maximum absolute atomic E-state index is 12.1. The van der Waals surface area contributed by atoms with E-state index in [0.29, 0.717) is 10.7 Å². The second-order valence-electron chi connectivity index (χ2n) is 6.68. The molecule has 0 aliphatic heterocycles. The van der Waals surface area contributed by atoms with Gasteiger partial charge in [-0.05, 0) is 45.1 Å². The summed E-state index contributed by atoms with van der Waals surface area (Å²) in [6.07, 6.45) is 4.78. The van der Waals surface area contributed by atoms with Gasteiger partial charge in [0.1, 0.15) is 20.7 Å². The Morgan fingerprint density at radius 3 is 2.89 bits per heavy atom. The summed E-state index contributed by atoms with van der Waals surface area (Å²) in [7, 11) is 0. The molecule has 6 nitrogen and oxygen atoms in total. The second-order valence-corrected chi connectivity index (χ2v) is 9.77. The molecule has 4 heterocycles. The number of aryl methyl sites for hydroxylation is 4. The van der Waals surface area contributed by atoms with Crippen molar-refractivity contribution in [2.45, 2.75) is 50.3 Å². The van der Waals surface area contributed by atoms with Gasteiger partial charge in [-0.25, -0.2) is 15.0 Å². The lowest BCUT2D eigenvalue weighted by molar-refractivity contribution is 0.699. The molecular formula is C18H17N5OS3. The fourth-order valence-corrected chi connectivity index (χ4v) is 6.88. The quantitative estimate of drug-likeness (QED) is 0.373. The highest BCUT2D eigenvalue weighted by molar-refractivity contribution is 7.98. The molecule has 0 saturated heterocycles. The molecule has 0 unspecified atom stereocenters. The monoisotopic (exact) mass is 415 g/mol. The first-order valence-corrected chi connectivity index (χ1v) is 11.5. The lowest BCUT2D eigenvalue weighted by atomic mass is 9.97. The molecule has 0 atom stereocenters. The third kappa shape index (κ3) is 3.07. The fraction of sp³-hybridized carbons (Fsp3) is 0.389. The fourth-order valence-electron chi connectivity index (χ4n) is 3.48. The van der Waals surface area contributed by atoms with Crippen LogP contribution in [0.1, 0.15) is 39.8 Å². The third-order valence-corrected chi connectivity index (χ3v) is 7.90. The molecule has 5 rings (SSSR count). The van der Waals surface area contributed by atoms with Gasteiger partial charge in [0.25, 0.3) is 5.56 Å². The number of hydrogen-bond donors (Lipinski definition) is 0. The highest BCUT2D eigenvalue weighted by atomic mass is 32.2. The summed E-state index contributed by atoms with van der Waals surface area (Å²) in [5.74, 6) is 1.48. The summed E-state index contributed by atoms with van der Waals surface area (Å²) in [5.41, 5.74) is 2.04. The van der Waals surface area contributed by atoms with E-state index in [1.165, 1.54) is 50.6 Å². The Labute approximate surface area is 167 Å². The predicted molar refractivity (Wildman–Crippen MR) is 110 cm³/mol. The van der Waals surface area contributed by atoms with Gasteiger partial charge in [-0.3, -0.25) is 4.79 Å². The summed E-state index contributed by atoms with van der Waals surface area (Å²) < 4.78 is 1.39. The number of nitrogens with zero attached hydrogens (tertiary/aromatic N) is 5. The van der Waals surface area contributed by atoms with Crippen molar-refractivity contribution in [1.82, 2.24) is 24.6 Å². The van der Waals surface area contributed by atoms with Gasteiger partial charge in [0, 0.05) is 22.0 Å². The minimum atomic E-state index is -0.128. The highest BCUT2D eigenvalue weighted by Crippen LogP contribution is 2.40. The molecule has 138 valence electrons. The van der Waals surface area contributed by atoms with Crippen LogP contribution in [0.25, 0.3) is 15.2 Å². The predicted octanol–water partition coefficient (Wildman–Crippen LogP) is 3.94. The van der Waals surface area contributed by atoms with Crippen LogP contribution in [0, 0.1) is 13.8 Å². The van der Waals surface area contributed by atoms with Gasteiger partial charge < -0.3 is 0 Å². The van der Waals surface area contributed by atoms with Gasteiger partial charge in [0.2, 0.25) is 4.96 Å². The van der Waals surface area contributed by atoms with Crippen molar-refractivity contribution in [3.63, 3.8) is 0 Å². The van der Waals surface area contributed by atoms with Crippen LogP contribution in [0.3, 0.4) is 0 Å². The van der Waals surface area contributed by atoms with E-state index in [2.05, 4.69) is 15.1 Å². The van der Waals surface area contributed by atoms with Crippen LogP contribution in [0.2, 0.25) is 0 Å². The third-order valence-electron chi connectivity index (χ3n) is 4.64. The van der Waals surface area contributed by atoms with Gasteiger partial charge in [-0.1, -0.05) is 23.1 Å². The van der Waals surface area contributed by atoms with Crippen molar-refractivity contribution in [3.8, 4) is 0 Å².